The monoisotopic (exact) mass is 708 g/mol. The Morgan fingerprint density at radius 3 is 1.33 bits per heavy atom. The van der Waals surface area contributed by atoms with Gasteiger partial charge in [0.05, 0.1) is 41.4 Å². The number of unbranched alkanes of at least 4 members (excludes halogenated alkanes) is 2. The first kappa shape index (κ1) is 32.3. The van der Waals surface area contributed by atoms with Crippen molar-refractivity contribution in [2.45, 2.75) is 79.1 Å². The van der Waals surface area contributed by atoms with Crippen molar-refractivity contribution in [3.05, 3.63) is 60.7 Å². The van der Waals surface area contributed by atoms with Crippen LogP contribution in [0.5, 0.6) is 11.5 Å². The van der Waals surface area contributed by atoms with Crippen LogP contribution in [0.3, 0.4) is 0 Å². The molecule has 0 radical (unpaired) electrons. The van der Waals surface area contributed by atoms with Crippen molar-refractivity contribution in [3.63, 3.8) is 0 Å². The third-order valence-corrected chi connectivity index (χ3v) is 15.5. The first-order chi connectivity index (χ1) is 23.6. The lowest BCUT2D eigenvalue weighted by atomic mass is 9.99. The highest BCUT2D eigenvalue weighted by Gasteiger charge is 2.25. The van der Waals surface area contributed by atoms with Gasteiger partial charge in [0.25, 0.3) is 0 Å². The Hall–Kier alpha value is -2.90. The lowest BCUT2D eigenvalue weighted by Gasteiger charge is -2.21. The van der Waals surface area contributed by atoms with Crippen LogP contribution in [0.1, 0.15) is 79.1 Å². The molecule has 0 aliphatic rings. The van der Waals surface area contributed by atoms with Crippen LogP contribution in [0, 0.1) is 11.8 Å². The van der Waals surface area contributed by atoms with Gasteiger partial charge in [0.2, 0.25) is 0 Å². The van der Waals surface area contributed by atoms with Crippen LogP contribution in [0.15, 0.2) is 60.7 Å². The molecular formula is C42H44O2S4. The Labute approximate surface area is 299 Å². The van der Waals surface area contributed by atoms with Crippen molar-refractivity contribution < 1.29 is 9.47 Å². The van der Waals surface area contributed by atoms with Crippen LogP contribution < -0.4 is 9.47 Å². The second-order valence-corrected chi connectivity index (χ2v) is 17.6. The molecule has 0 N–H and O–H groups in total. The van der Waals surface area contributed by atoms with E-state index in [1.807, 2.05) is 45.3 Å². The molecule has 248 valence electrons. The number of benzene rings is 4. The fourth-order valence-corrected chi connectivity index (χ4v) is 13.0. The molecule has 0 saturated heterocycles. The fourth-order valence-electron chi connectivity index (χ4n) is 7.31. The van der Waals surface area contributed by atoms with Crippen LogP contribution in [-0.4, -0.2) is 13.2 Å². The summed E-state index contributed by atoms with van der Waals surface area (Å²) >= 11 is 7.86. The zero-order valence-electron chi connectivity index (χ0n) is 28.4. The Kier molecular flexibility index (Phi) is 9.28. The van der Waals surface area contributed by atoms with Gasteiger partial charge >= 0.3 is 0 Å². The molecule has 4 heterocycles. The number of fused-ring (bicyclic) bond motifs is 14. The minimum Gasteiger partial charge on any atom is -0.489 e. The molecule has 2 nitrogen and oxygen atoms in total. The maximum Gasteiger partial charge on any atom is 0.161 e. The van der Waals surface area contributed by atoms with Crippen molar-refractivity contribution in [1.29, 1.82) is 0 Å². The van der Waals surface area contributed by atoms with Gasteiger partial charge in [-0.2, -0.15) is 0 Å². The lowest BCUT2D eigenvalue weighted by molar-refractivity contribution is 0.199. The van der Waals surface area contributed by atoms with Crippen molar-refractivity contribution in [3.8, 4) is 11.5 Å². The van der Waals surface area contributed by atoms with E-state index in [1.165, 1.54) is 108 Å². The van der Waals surface area contributed by atoms with E-state index < -0.39 is 0 Å². The molecule has 2 unspecified atom stereocenters. The summed E-state index contributed by atoms with van der Waals surface area (Å²) in [5.41, 5.74) is 0. The Balaban J connectivity index is 1.40. The molecule has 48 heavy (non-hydrogen) atoms. The third-order valence-electron chi connectivity index (χ3n) is 10.3. The van der Waals surface area contributed by atoms with Crippen molar-refractivity contribution >= 4 is 115 Å². The van der Waals surface area contributed by atoms with Crippen molar-refractivity contribution in [1.82, 2.24) is 0 Å². The molecule has 0 aliphatic carbocycles. The second kappa shape index (κ2) is 13.8. The maximum atomic E-state index is 6.85. The van der Waals surface area contributed by atoms with E-state index in [9.17, 15) is 0 Å². The van der Waals surface area contributed by atoms with E-state index in [2.05, 4.69) is 88.4 Å². The highest BCUT2D eigenvalue weighted by atomic mass is 32.1. The standard InChI is InChI=1S/C42H44O2S4/c1-5-9-15-25(7-3)23-43-31-21-29-30(22-32(31)44-24-26(8-4)16-10-6-2)36-40-38(28-18-12-14-20-34(28)46-40)48-42(36)41-35(29)39-37(47-41)27-17-11-13-19-33(27)45-39/h11-14,17-22,25-26H,5-10,15-16,23-24H2,1-4H3. The van der Waals surface area contributed by atoms with E-state index in [4.69, 9.17) is 9.47 Å². The van der Waals surface area contributed by atoms with Gasteiger partial charge in [0.15, 0.2) is 11.5 Å². The van der Waals surface area contributed by atoms with Crippen LogP contribution in [0.2, 0.25) is 0 Å². The molecule has 0 fully saturated rings. The quantitative estimate of drug-likeness (QED) is 0.112. The smallest absolute Gasteiger partial charge is 0.161 e. The van der Waals surface area contributed by atoms with Gasteiger partial charge in [0, 0.05) is 30.9 Å². The average Bonchev–Trinajstić information content (AvgIpc) is 3.86. The van der Waals surface area contributed by atoms with Gasteiger partial charge in [-0.3, -0.25) is 0 Å². The summed E-state index contributed by atoms with van der Waals surface area (Å²) in [7, 11) is 0. The first-order valence-corrected chi connectivity index (χ1v) is 21.2. The van der Waals surface area contributed by atoms with E-state index in [-0.39, 0.29) is 0 Å². The van der Waals surface area contributed by atoms with Gasteiger partial charge in [-0.25, -0.2) is 0 Å². The molecule has 0 bridgehead atoms. The minimum atomic E-state index is 0.550. The average molecular weight is 709 g/mol. The maximum absolute atomic E-state index is 6.85. The van der Waals surface area contributed by atoms with Crippen LogP contribution in [0.25, 0.3) is 69.9 Å². The molecule has 8 rings (SSSR count). The zero-order chi connectivity index (χ0) is 32.8. The Morgan fingerprint density at radius 2 is 0.917 bits per heavy atom. The van der Waals surface area contributed by atoms with Gasteiger partial charge in [0.1, 0.15) is 0 Å². The summed E-state index contributed by atoms with van der Waals surface area (Å²) < 4.78 is 24.9. The predicted molar refractivity (Wildman–Crippen MR) is 218 cm³/mol. The van der Waals surface area contributed by atoms with Gasteiger partial charge in [-0.05, 0) is 59.7 Å². The van der Waals surface area contributed by atoms with Crippen LogP contribution in [-0.2, 0) is 0 Å². The number of hydrogen-bond acceptors (Lipinski definition) is 6. The minimum absolute atomic E-state index is 0.550. The van der Waals surface area contributed by atoms with Crippen LogP contribution in [0.4, 0.5) is 0 Å². The zero-order valence-corrected chi connectivity index (χ0v) is 31.7. The molecule has 6 heteroatoms. The Morgan fingerprint density at radius 1 is 0.500 bits per heavy atom. The van der Waals surface area contributed by atoms with Crippen molar-refractivity contribution in [2.75, 3.05) is 13.2 Å². The number of hydrogen-bond donors (Lipinski definition) is 0. The predicted octanol–water partition coefficient (Wildman–Crippen LogP) is 15.2. The first-order valence-electron chi connectivity index (χ1n) is 18.0. The molecule has 4 aromatic heterocycles. The molecule has 0 saturated carbocycles. The largest absolute Gasteiger partial charge is 0.489 e. The number of ether oxygens (including phenoxy) is 2. The van der Waals surface area contributed by atoms with Gasteiger partial charge < -0.3 is 9.47 Å². The van der Waals surface area contributed by atoms with E-state index in [0.29, 0.717) is 11.8 Å². The van der Waals surface area contributed by atoms with E-state index >= 15 is 0 Å². The summed E-state index contributed by atoms with van der Waals surface area (Å²) in [5, 5.41) is 8.13. The summed E-state index contributed by atoms with van der Waals surface area (Å²) in [4.78, 5) is 0. The molecule has 8 aromatic rings. The number of rotatable bonds is 14. The van der Waals surface area contributed by atoms with Crippen molar-refractivity contribution in [2.24, 2.45) is 11.8 Å². The molecule has 0 aliphatic heterocycles. The van der Waals surface area contributed by atoms with Gasteiger partial charge in [-0.15, -0.1) is 45.3 Å². The molecular weight excluding hydrogens is 665 g/mol. The van der Waals surface area contributed by atoms with Crippen LogP contribution >= 0.6 is 45.3 Å². The molecule has 0 spiro atoms. The molecule has 0 amide bonds. The highest BCUT2D eigenvalue weighted by Crippen LogP contribution is 2.56. The van der Waals surface area contributed by atoms with E-state index in [1.54, 1.807) is 0 Å². The molecule has 4 aromatic carbocycles. The Bertz CT molecular complexity index is 2220. The fraction of sp³-hybridized carbons (Fsp3) is 0.381. The summed E-state index contributed by atoms with van der Waals surface area (Å²) in [5.74, 6) is 2.92. The molecule has 2 atom stereocenters. The number of thiophene rings is 4. The third kappa shape index (κ3) is 5.57. The van der Waals surface area contributed by atoms with Gasteiger partial charge in [-0.1, -0.05) is 103 Å². The summed E-state index contributed by atoms with van der Waals surface area (Å²) in [6.07, 6.45) is 9.64. The topological polar surface area (TPSA) is 18.5 Å². The summed E-state index contributed by atoms with van der Waals surface area (Å²) in [6.45, 7) is 10.6. The lowest BCUT2D eigenvalue weighted by Crippen LogP contribution is -2.14. The second-order valence-electron chi connectivity index (χ2n) is 13.4. The SMILES string of the molecule is CCCCC(CC)COc1cc2c(cc1OCC(CC)CCCC)c1c3sc4ccccc4c3sc1c1sc3c4ccccc4sc3c21. The highest BCUT2D eigenvalue weighted by molar-refractivity contribution is 7.41. The summed E-state index contributed by atoms with van der Waals surface area (Å²) in [6, 6.07) is 22.6. The van der Waals surface area contributed by atoms with E-state index in [0.717, 1.165) is 37.6 Å². The normalized spacial score (nSPS) is 13.7.